The predicted octanol–water partition coefficient (Wildman–Crippen LogP) is -1.42. The minimum atomic E-state index is -4.93. The summed E-state index contributed by atoms with van der Waals surface area (Å²) in [4.78, 5) is 25.7. The van der Waals surface area contributed by atoms with Gasteiger partial charge in [0.1, 0.15) is 6.04 Å². The molecular weight excluding hydrogens is 396 g/mol. The monoisotopic (exact) mass is 420 g/mol. The number of urea groups is 1. The van der Waals surface area contributed by atoms with Gasteiger partial charge in [-0.1, -0.05) is 0 Å². The van der Waals surface area contributed by atoms with Crippen molar-refractivity contribution >= 4 is 22.3 Å². The third-order valence-corrected chi connectivity index (χ3v) is 6.65. The molecule has 6 atom stereocenters. The molecule has 4 rings (SSSR count). The third kappa shape index (κ3) is 3.06. The number of nitrogens with zero attached hydrogens (tertiary/aromatic N) is 2. The van der Waals surface area contributed by atoms with Gasteiger partial charge in [-0.2, -0.15) is 13.5 Å². The summed E-state index contributed by atoms with van der Waals surface area (Å²) in [6.45, 7) is 0.167. The second-order valence-corrected chi connectivity index (χ2v) is 8.78. The second kappa shape index (κ2) is 6.78. The van der Waals surface area contributed by atoms with Crippen molar-refractivity contribution in [3.63, 3.8) is 0 Å². The summed E-state index contributed by atoms with van der Waals surface area (Å²) in [6.07, 6.45) is 2.09. The fourth-order valence-electron chi connectivity index (χ4n) is 4.85. The van der Waals surface area contributed by atoms with Gasteiger partial charge in [-0.25, -0.2) is 4.79 Å². The summed E-state index contributed by atoms with van der Waals surface area (Å²) in [5, 5.41) is 3.80. The Morgan fingerprint density at radius 3 is 2.75 bits per heavy atom. The van der Waals surface area contributed by atoms with E-state index >= 15 is 0 Å². The molecule has 28 heavy (non-hydrogen) atoms. The van der Waals surface area contributed by atoms with Gasteiger partial charge >= 0.3 is 16.4 Å². The van der Waals surface area contributed by atoms with E-state index in [1.54, 1.807) is 0 Å². The van der Waals surface area contributed by atoms with Gasteiger partial charge in [0.2, 0.25) is 5.91 Å². The molecule has 3 aliphatic heterocycles. The van der Waals surface area contributed by atoms with Crippen molar-refractivity contribution < 1.29 is 36.3 Å². The van der Waals surface area contributed by atoms with Gasteiger partial charge in [0.25, 0.3) is 0 Å². The first-order valence-electron chi connectivity index (χ1n) is 9.17. The summed E-state index contributed by atoms with van der Waals surface area (Å²) in [7, 11) is -3.08. The Balaban J connectivity index is 1.62. The number of nitrogens with two attached hydrogens (primary N) is 1. The van der Waals surface area contributed by atoms with Crippen LogP contribution in [0.5, 0.6) is 0 Å². The maximum Gasteiger partial charge on any atom is 0.418 e. The lowest BCUT2D eigenvalue weighted by molar-refractivity contribution is -0.350. The average molecular weight is 420 g/mol. The number of carbonyl (C=O) groups is 2. The first-order valence-corrected chi connectivity index (χ1v) is 10.5. The van der Waals surface area contributed by atoms with E-state index in [1.165, 1.54) is 0 Å². The van der Waals surface area contributed by atoms with Gasteiger partial charge in [-0.3, -0.25) is 9.35 Å². The number of likely N-dealkylation sites (N-methyl/N-ethyl adjacent to an activating group) is 1. The molecule has 4 fully saturated rings. The molecule has 1 aliphatic carbocycles. The number of primary amides is 1. The smallest absolute Gasteiger partial charge is 0.368 e. The van der Waals surface area contributed by atoms with Gasteiger partial charge in [-0.05, 0) is 32.7 Å². The Morgan fingerprint density at radius 2 is 2.18 bits per heavy atom. The van der Waals surface area contributed by atoms with Crippen molar-refractivity contribution in [3.05, 3.63) is 0 Å². The van der Waals surface area contributed by atoms with E-state index in [4.69, 9.17) is 19.8 Å². The number of hydroxylamine groups is 2. The lowest BCUT2D eigenvalue weighted by Crippen LogP contribution is -2.68. The number of ether oxygens (including phenoxy) is 2. The van der Waals surface area contributed by atoms with Crippen LogP contribution in [0.4, 0.5) is 4.79 Å². The number of hydrogen-bond donors (Lipinski definition) is 3. The summed E-state index contributed by atoms with van der Waals surface area (Å²) in [5.74, 6) is -0.709. The second-order valence-electron chi connectivity index (χ2n) is 7.78. The highest BCUT2D eigenvalue weighted by molar-refractivity contribution is 7.80. The predicted molar refractivity (Wildman–Crippen MR) is 91.7 cm³/mol. The van der Waals surface area contributed by atoms with Crippen molar-refractivity contribution in [2.45, 2.75) is 56.2 Å². The highest BCUT2D eigenvalue weighted by atomic mass is 32.3. The molecule has 0 aromatic heterocycles. The Kier molecular flexibility index (Phi) is 4.79. The van der Waals surface area contributed by atoms with Crippen LogP contribution in [0.3, 0.4) is 0 Å². The molecule has 13 heteroatoms. The average Bonchev–Trinajstić information content (AvgIpc) is 3.17. The highest BCUT2D eigenvalue weighted by Gasteiger charge is 2.68. The fraction of sp³-hybridized carbons (Fsp3) is 0.867. The van der Waals surface area contributed by atoms with E-state index in [9.17, 15) is 18.0 Å². The Hall–Kier alpha value is -1.51. The summed E-state index contributed by atoms with van der Waals surface area (Å²) >= 11 is 0. The van der Waals surface area contributed by atoms with E-state index in [0.717, 1.165) is 24.2 Å². The number of rotatable bonds is 6. The van der Waals surface area contributed by atoms with Gasteiger partial charge < -0.3 is 25.4 Å². The number of nitrogens with one attached hydrogen (secondary N) is 1. The van der Waals surface area contributed by atoms with E-state index in [0.29, 0.717) is 5.06 Å². The zero-order chi connectivity index (χ0) is 20.3. The van der Waals surface area contributed by atoms with Crippen LogP contribution in [0.25, 0.3) is 0 Å². The van der Waals surface area contributed by atoms with E-state index < -0.39 is 46.1 Å². The maximum atomic E-state index is 12.6. The molecule has 3 saturated heterocycles. The van der Waals surface area contributed by atoms with Crippen molar-refractivity contribution in [1.29, 1.82) is 0 Å². The topological polar surface area (TPSA) is 161 Å². The third-order valence-electron chi connectivity index (χ3n) is 6.30. The molecule has 3 amide bonds. The Morgan fingerprint density at radius 1 is 1.43 bits per heavy atom. The molecule has 0 aromatic rings. The molecule has 1 spiro atoms. The van der Waals surface area contributed by atoms with Crippen LogP contribution >= 0.6 is 0 Å². The zero-order valence-electron chi connectivity index (χ0n) is 15.3. The molecule has 158 valence electrons. The first-order chi connectivity index (χ1) is 13.2. The molecule has 3 heterocycles. The first kappa shape index (κ1) is 19.8. The maximum absolute atomic E-state index is 12.6. The Labute approximate surface area is 162 Å². The minimum Gasteiger partial charge on any atom is -0.368 e. The molecular formula is C15H24N4O8S. The summed E-state index contributed by atoms with van der Waals surface area (Å²) < 4.78 is 48.0. The van der Waals surface area contributed by atoms with Crippen LogP contribution < -0.4 is 11.1 Å². The number of hydrogen-bond acceptors (Lipinski definition) is 8. The van der Waals surface area contributed by atoms with Gasteiger partial charge in [-0.15, -0.1) is 4.28 Å². The van der Waals surface area contributed by atoms with E-state index in [1.807, 2.05) is 7.05 Å². The zero-order valence-corrected chi connectivity index (χ0v) is 16.1. The van der Waals surface area contributed by atoms with E-state index in [-0.39, 0.29) is 31.7 Å². The van der Waals surface area contributed by atoms with Crippen molar-refractivity contribution in [1.82, 2.24) is 15.3 Å². The normalized spacial score (nSPS) is 40.2. The van der Waals surface area contributed by atoms with Crippen LogP contribution in [-0.4, -0.2) is 85.6 Å². The van der Waals surface area contributed by atoms with Crippen LogP contribution in [0.15, 0.2) is 0 Å². The summed E-state index contributed by atoms with van der Waals surface area (Å²) in [6, 6.07) is -2.41. The molecule has 12 nitrogen and oxygen atoms in total. The van der Waals surface area contributed by atoms with Crippen molar-refractivity contribution in [2.75, 3.05) is 20.2 Å². The minimum absolute atomic E-state index is 0.0191. The highest BCUT2D eigenvalue weighted by Crippen LogP contribution is 2.52. The van der Waals surface area contributed by atoms with Gasteiger partial charge in [0.15, 0.2) is 6.29 Å². The van der Waals surface area contributed by atoms with Gasteiger partial charge in [0, 0.05) is 12.6 Å². The number of fused-ring (bicyclic) bond motifs is 3. The fourth-order valence-corrected chi connectivity index (χ4v) is 5.22. The summed E-state index contributed by atoms with van der Waals surface area (Å²) in [5.41, 5.74) is 4.62. The lowest BCUT2D eigenvalue weighted by Gasteiger charge is -2.55. The number of amides is 3. The van der Waals surface area contributed by atoms with Crippen LogP contribution in [-0.2, 0) is 29.0 Å². The van der Waals surface area contributed by atoms with Crippen LogP contribution in [0.1, 0.15) is 25.7 Å². The van der Waals surface area contributed by atoms with Crippen molar-refractivity contribution in [3.8, 4) is 0 Å². The largest absolute Gasteiger partial charge is 0.418 e. The van der Waals surface area contributed by atoms with E-state index in [2.05, 4.69) is 9.60 Å². The molecule has 0 aromatic carbocycles. The van der Waals surface area contributed by atoms with Crippen LogP contribution in [0, 0.1) is 5.41 Å². The van der Waals surface area contributed by atoms with Crippen molar-refractivity contribution in [2.24, 2.45) is 11.1 Å². The number of carbonyl (C=O) groups excluding carboxylic acids is 2. The molecule has 4 aliphatic rings. The quantitative estimate of drug-likeness (QED) is 0.438. The Bertz CT molecular complexity index is 778. The molecule has 0 radical (unpaired) electrons. The number of piperidine rings is 1. The molecule has 6 unspecified atom stereocenters. The SMILES string of the molecule is CNC1CCCC1OC1OCC12CC(C(N)=O)N1CC2N(OS(=O)(=O)O)C1=O. The van der Waals surface area contributed by atoms with Gasteiger partial charge in [0.05, 0.1) is 24.2 Å². The van der Waals surface area contributed by atoms with Crippen LogP contribution in [0.2, 0.25) is 0 Å². The molecule has 2 bridgehead atoms. The lowest BCUT2D eigenvalue weighted by atomic mass is 9.69. The molecule has 1 saturated carbocycles. The molecule has 4 N–H and O–H groups in total. The standard InChI is InChI=1S/C15H24N4O8S/c1-17-8-3-2-4-10(8)26-13-15(7-25-13)5-9(12(16)20)18-6-11(15)19(14(18)21)27-28(22,23)24/h8-11,13,17H,2-7H2,1H3,(H2,16,20)(H,22,23,24).